The van der Waals surface area contributed by atoms with Gasteiger partial charge in [-0.05, 0) is 36.6 Å². The molecule has 0 bridgehead atoms. The van der Waals surface area contributed by atoms with Gasteiger partial charge in [-0.3, -0.25) is 0 Å². The van der Waals surface area contributed by atoms with Crippen LogP contribution in [0.25, 0.3) is 0 Å². The van der Waals surface area contributed by atoms with Gasteiger partial charge in [-0.25, -0.2) is 4.39 Å². The molecule has 4 heteroatoms. The van der Waals surface area contributed by atoms with Crippen LogP contribution in [0.3, 0.4) is 0 Å². The zero-order valence-electron chi connectivity index (χ0n) is 9.63. The molecule has 90 valence electrons. The Labute approximate surface area is 104 Å². The van der Waals surface area contributed by atoms with Crippen LogP contribution in [-0.4, -0.2) is 6.54 Å². The Bertz CT molecular complexity index is 366. The summed E-state index contributed by atoms with van der Waals surface area (Å²) in [6, 6.07) is 4.48. The minimum Gasteiger partial charge on any atom is -0.330 e. The van der Waals surface area contributed by atoms with Crippen LogP contribution in [0.4, 0.5) is 4.39 Å². The molecule has 0 aliphatic heterocycles. The highest BCUT2D eigenvalue weighted by atomic mass is 79.9. The van der Waals surface area contributed by atoms with Gasteiger partial charge in [0.05, 0.1) is 0 Å². The van der Waals surface area contributed by atoms with Gasteiger partial charge in [-0.15, -0.1) is 0 Å². The lowest BCUT2D eigenvalue weighted by Crippen LogP contribution is -2.32. The Hall–Kier alpha value is -0.450. The number of benzene rings is 1. The van der Waals surface area contributed by atoms with E-state index in [1.54, 1.807) is 12.1 Å². The second-order valence-electron chi connectivity index (χ2n) is 4.67. The van der Waals surface area contributed by atoms with E-state index >= 15 is 0 Å². The van der Waals surface area contributed by atoms with Gasteiger partial charge in [0.15, 0.2) is 0 Å². The van der Waals surface area contributed by atoms with Gasteiger partial charge in [0.2, 0.25) is 0 Å². The number of halogens is 2. The summed E-state index contributed by atoms with van der Waals surface area (Å²) in [4.78, 5) is 0. The highest BCUT2D eigenvalue weighted by Gasteiger charge is 2.28. The normalized spacial score (nSPS) is 13.9. The lowest BCUT2D eigenvalue weighted by molar-refractivity contribution is 0.265. The third-order valence-electron chi connectivity index (χ3n) is 2.92. The van der Waals surface area contributed by atoms with Crippen molar-refractivity contribution < 1.29 is 4.39 Å². The molecule has 1 rings (SSSR count). The van der Waals surface area contributed by atoms with Gasteiger partial charge in [0, 0.05) is 16.1 Å². The van der Waals surface area contributed by atoms with Gasteiger partial charge in [-0.1, -0.05) is 29.8 Å². The van der Waals surface area contributed by atoms with E-state index in [2.05, 4.69) is 15.9 Å². The first-order chi connectivity index (χ1) is 7.38. The van der Waals surface area contributed by atoms with Gasteiger partial charge in [0.1, 0.15) is 5.82 Å². The van der Waals surface area contributed by atoms with E-state index in [-0.39, 0.29) is 17.3 Å². The molecule has 2 nitrogen and oxygen atoms in total. The Kier molecular flexibility index (Phi) is 4.47. The minimum atomic E-state index is -0.353. The quantitative estimate of drug-likeness (QED) is 0.895. The lowest BCUT2D eigenvalue weighted by Gasteiger charge is -2.31. The number of hydrogen-bond acceptors (Lipinski definition) is 2. The Morgan fingerprint density at radius 2 is 2.06 bits per heavy atom. The second-order valence-corrected chi connectivity index (χ2v) is 5.59. The average Bonchev–Trinajstić information content (AvgIpc) is 2.20. The van der Waals surface area contributed by atoms with E-state index in [0.29, 0.717) is 12.1 Å². The Balaban J connectivity index is 3.03. The van der Waals surface area contributed by atoms with Gasteiger partial charge >= 0.3 is 0 Å². The molecule has 1 atom stereocenters. The van der Waals surface area contributed by atoms with Gasteiger partial charge in [0.25, 0.3) is 0 Å². The first-order valence-electron chi connectivity index (χ1n) is 5.29. The number of rotatable bonds is 4. The molecule has 0 heterocycles. The van der Waals surface area contributed by atoms with E-state index in [1.165, 1.54) is 6.07 Å². The number of hydrogen-bond donors (Lipinski definition) is 2. The van der Waals surface area contributed by atoms with Crippen LogP contribution in [0.5, 0.6) is 0 Å². The molecule has 1 aromatic rings. The van der Waals surface area contributed by atoms with E-state index in [0.717, 1.165) is 10.9 Å². The maximum Gasteiger partial charge on any atom is 0.128 e. The third-order valence-corrected chi connectivity index (χ3v) is 3.42. The largest absolute Gasteiger partial charge is 0.330 e. The highest BCUT2D eigenvalue weighted by molar-refractivity contribution is 9.10. The molecule has 0 saturated carbocycles. The van der Waals surface area contributed by atoms with Crippen LogP contribution in [0.15, 0.2) is 22.7 Å². The van der Waals surface area contributed by atoms with Crippen LogP contribution in [0.2, 0.25) is 0 Å². The molecule has 0 radical (unpaired) electrons. The van der Waals surface area contributed by atoms with Crippen molar-refractivity contribution in [3.63, 3.8) is 0 Å². The molecule has 0 spiro atoms. The van der Waals surface area contributed by atoms with Crippen molar-refractivity contribution in [2.75, 3.05) is 6.54 Å². The maximum absolute atomic E-state index is 13.7. The fourth-order valence-electron chi connectivity index (χ4n) is 1.70. The molecule has 4 N–H and O–H groups in total. The molecule has 0 aromatic heterocycles. The lowest BCUT2D eigenvalue weighted by atomic mass is 9.78. The molecule has 0 aliphatic rings. The van der Waals surface area contributed by atoms with Gasteiger partial charge in [-0.2, -0.15) is 0 Å². The van der Waals surface area contributed by atoms with E-state index < -0.39 is 0 Å². The van der Waals surface area contributed by atoms with Crippen LogP contribution in [0.1, 0.15) is 31.9 Å². The predicted octanol–water partition coefficient (Wildman–Crippen LogP) is 2.96. The zero-order chi connectivity index (χ0) is 12.3. The summed E-state index contributed by atoms with van der Waals surface area (Å²) in [7, 11) is 0. The van der Waals surface area contributed by atoms with Gasteiger partial charge < -0.3 is 11.5 Å². The summed E-state index contributed by atoms with van der Waals surface area (Å²) < 4.78 is 14.5. The smallest absolute Gasteiger partial charge is 0.128 e. The molecule has 1 aromatic carbocycles. The standard InChI is InChI=1S/C12H18BrFN2/c1-12(2,5-6-15)11(16)9-7-8(13)3-4-10(9)14/h3-4,7,11H,5-6,15-16H2,1-2H3. The summed E-state index contributed by atoms with van der Waals surface area (Å²) in [5.74, 6) is -0.263. The topological polar surface area (TPSA) is 52.0 Å². The minimum absolute atomic E-state index is 0.212. The van der Waals surface area contributed by atoms with Crippen LogP contribution in [0, 0.1) is 11.2 Å². The first kappa shape index (κ1) is 13.6. The van der Waals surface area contributed by atoms with Crippen LogP contribution in [-0.2, 0) is 0 Å². The SMILES string of the molecule is CC(C)(CCN)C(N)c1cc(Br)ccc1F. The van der Waals surface area contributed by atoms with Crippen molar-refractivity contribution in [2.45, 2.75) is 26.3 Å². The second kappa shape index (κ2) is 5.25. The Morgan fingerprint density at radius 1 is 1.44 bits per heavy atom. The summed E-state index contributed by atoms with van der Waals surface area (Å²) >= 11 is 3.32. The summed E-state index contributed by atoms with van der Waals surface area (Å²) in [6.45, 7) is 4.56. The molecular formula is C12H18BrFN2. The van der Waals surface area contributed by atoms with E-state index in [1.807, 2.05) is 13.8 Å². The molecular weight excluding hydrogens is 271 g/mol. The summed E-state index contributed by atoms with van der Waals surface area (Å²) in [6.07, 6.45) is 0.764. The first-order valence-corrected chi connectivity index (χ1v) is 6.08. The maximum atomic E-state index is 13.7. The van der Waals surface area contributed by atoms with Crippen molar-refractivity contribution in [3.8, 4) is 0 Å². The van der Waals surface area contributed by atoms with Crippen LogP contribution < -0.4 is 11.5 Å². The van der Waals surface area contributed by atoms with Crippen LogP contribution >= 0.6 is 15.9 Å². The molecule has 16 heavy (non-hydrogen) atoms. The zero-order valence-corrected chi connectivity index (χ0v) is 11.2. The summed E-state index contributed by atoms with van der Waals surface area (Å²) in [5, 5.41) is 0. The molecule has 0 saturated heterocycles. The highest BCUT2D eigenvalue weighted by Crippen LogP contribution is 2.36. The van der Waals surface area contributed by atoms with Crippen molar-refractivity contribution in [2.24, 2.45) is 16.9 Å². The van der Waals surface area contributed by atoms with Crippen molar-refractivity contribution >= 4 is 15.9 Å². The van der Waals surface area contributed by atoms with Crippen molar-refractivity contribution in [3.05, 3.63) is 34.1 Å². The molecule has 0 aliphatic carbocycles. The monoisotopic (exact) mass is 288 g/mol. The Morgan fingerprint density at radius 3 is 2.62 bits per heavy atom. The third kappa shape index (κ3) is 3.03. The fraction of sp³-hybridized carbons (Fsp3) is 0.500. The van der Waals surface area contributed by atoms with Crippen molar-refractivity contribution in [1.82, 2.24) is 0 Å². The fourth-order valence-corrected chi connectivity index (χ4v) is 2.08. The van der Waals surface area contributed by atoms with Crippen molar-refractivity contribution in [1.29, 1.82) is 0 Å². The van der Waals surface area contributed by atoms with E-state index in [9.17, 15) is 4.39 Å². The predicted molar refractivity (Wildman–Crippen MR) is 68.5 cm³/mol. The molecule has 0 amide bonds. The van der Waals surface area contributed by atoms with E-state index in [4.69, 9.17) is 11.5 Å². The average molecular weight is 289 g/mol. The number of nitrogens with two attached hydrogens (primary N) is 2. The summed E-state index contributed by atoms with van der Waals surface area (Å²) in [5.41, 5.74) is 12.0. The molecule has 1 unspecified atom stereocenters. The molecule has 0 fully saturated rings.